The predicted molar refractivity (Wildman–Crippen MR) is 69.7 cm³/mol. The highest BCUT2D eigenvalue weighted by Crippen LogP contribution is 2.18. The van der Waals surface area contributed by atoms with Gasteiger partial charge >= 0.3 is 0 Å². The molecule has 0 unspecified atom stereocenters. The number of hydrogen-bond acceptors (Lipinski definition) is 4. The zero-order chi connectivity index (χ0) is 13.3. The van der Waals surface area contributed by atoms with Gasteiger partial charge in [0.25, 0.3) is 0 Å². The second-order valence-corrected chi connectivity index (χ2v) is 6.22. The molecule has 0 radical (unpaired) electrons. The third-order valence-electron chi connectivity index (χ3n) is 2.68. The lowest BCUT2D eigenvalue weighted by atomic mass is 10.3. The van der Waals surface area contributed by atoms with Crippen LogP contribution in [0.2, 0.25) is 0 Å². The van der Waals surface area contributed by atoms with Crippen LogP contribution >= 0.6 is 0 Å². The molecular weight excluding hydrogens is 250 g/mol. The molecule has 96 valence electrons. The summed E-state index contributed by atoms with van der Waals surface area (Å²) in [4.78, 5) is 0.274. The first-order valence-corrected chi connectivity index (χ1v) is 7.11. The van der Waals surface area contributed by atoms with Crippen LogP contribution in [0, 0.1) is 6.92 Å². The van der Waals surface area contributed by atoms with Crippen LogP contribution < -0.4 is 5.73 Å². The molecule has 0 saturated carbocycles. The van der Waals surface area contributed by atoms with Crippen LogP contribution in [0.3, 0.4) is 0 Å². The van der Waals surface area contributed by atoms with Gasteiger partial charge in [-0.1, -0.05) is 0 Å². The Hall–Kier alpha value is -1.82. The molecule has 0 saturated heterocycles. The number of rotatable bonds is 3. The molecule has 1 aromatic heterocycles. The van der Waals surface area contributed by atoms with Crippen LogP contribution in [0.4, 0.5) is 5.69 Å². The van der Waals surface area contributed by atoms with Crippen LogP contribution in [-0.2, 0) is 22.6 Å². The number of nitrogen functional groups attached to an aromatic ring is 1. The van der Waals surface area contributed by atoms with Crippen molar-refractivity contribution in [3.63, 3.8) is 0 Å². The maximum atomic E-state index is 12.2. The lowest BCUT2D eigenvalue weighted by molar-refractivity contribution is 0.591. The summed E-state index contributed by atoms with van der Waals surface area (Å²) < 4.78 is 26.0. The third-order valence-corrected chi connectivity index (χ3v) is 4.34. The molecule has 0 fully saturated rings. The zero-order valence-electron chi connectivity index (χ0n) is 10.3. The van der Waals surface area contributed by atoms with Crippen LogP contribution in [0.5, 0.6) is 0 Å². The second-order valence-electron chi connectivity index (χ2n) is 4.23. The summed E-state index contributed by atoms with van der Waals surface area (Å²) in [6.07, 6.45) is 0. The summed E-state index contributed by atoms with van der Waals surface area (Å²) in [5.41, 5.74) is 7.56. The third kappa shape index (κ3) is 2.53. The lowest BCUT2D eigenvalue weighted by Crippen LogP contribution is -2.08. The van der Waals surface area contributed by atoms with Crippen LogP contribution in [-0.4, -0.2) is 18.2 Å². The SMILES string of the molecule is Cc1cc(CS(=O)(=O)c2ccc(N)cc2)n(C)n1. The van der Waals surface area contributed by atoms with Gasteiger partial charge in [-0.2, -0.15) is 5.10 Å². The van der Waals surface area contributed by atoms with Crippen LogP contribution in [0.25, 0.3) is 0 Å². The fourth-order valence-corrected chi connectivity index (χ4v) is 3.13. The molecule has 0 bridgehead atoms. The highest BCUT2D eigenvalue weighted by atomic mass is 32.2. The highest BCUT2D eigenvalue weighted by Gasteiger charge is 2.17. The van der Waals surface area contributed by atoms with Crippen molar-refractivity contribution in [3.05, 3.63) is 41.7 Å². The Morgan fingerprint density at radius 1 is 1.28 bits per heavy atom. The van der Waals surface area contributed by atoms with E-state index in [-0.39, 0.29) is 10.6 Å². The van der Waals surface area contributed by atoms with E-state index in [1.54, 1.807) is 29.9 Å². The fraction of sp³-hybridized carbons (Fsp3) is 0.250. The van der Waals surface area contributed by atoms with Gasteiger partial charge in [0, 0.05) is 12.7 Å². The van der Waals surface area contributed by atoms with Crippen molar-refractivity contribution in [2.45, 2.75) is 17.6 Å². The van der Waals surface area contributed by atoms with E-state index < -0.39 is 9.84 Å². The molecule has 6 heteroatoms. The van der Waals surface area contributed by atoms with Gasteiger partial charge in [-0.25, -0.2) is 8.42 Å². The minimum absolute atomic E-state index is 0.0613. The van der Waals surface area contributed by atoms with Gasteiger partial charge in [-0.15, -0.1) is 0 Å². The van der Waals surface area contributed by atoms with Crippen molar-refractivity contribution in [1.29, 1.82) is 0 Å². The molecule has 5 nitrogen and oxygen atoms in total. The molecule has 0 amide bonds. The number of nitrogens with two attached hydrogens (primary N) is 1. The first-order chi connectivity index (χ1) is 8.38. The average Bonchev–Trinajstić information content (AvgIpc) is 2.57. The molecule has 0 spiro atoms. The number of hydrogen-bond donors (Lipinski definition) is 1. The Balaban J connectivity index is 2.33. The number of sulfone groups is 1. The molecule has 1 heterocycles. The average molecular weight is 265 g/mol. The lowest BCUT2D eigenvalue weighted by Gasteiger charge is -2.05. The Labute approximate surface area is 106 Å². The fourth-order valence-electron chi connectivity index (χ4n) is 1.75. The number of aromatic nitrogens is 2. The van der Waals surface area contributed by atoms with Crippen molar-refractivity contribution < 1.29 is 8.42 Å². The zero-order valence-corrected chi connectivity index (χ0v) is 11.1. The van der Waals surface area contributed by atoms with E-state index in [0.29, 0.717) is 11.4 Å². The largest absolute Gasteiger partial charge is 0.399 e. The summed E-state index contributed by atoms with van der Waals surface area (Å²) in [5, 5.41) is 4.14. The number of nitrogens with zero attached hydrogens (tertiary/aromatic N) is 2. The summed E-state index contributed by atoms with van der Waals surface area (Å²) in [6.45, 7) is 1.83. The van der Waals surface area contributed by atoms with Gasteiger partial charge in [-0.05, 0) is 37.3 Å². The summed E-state index contributed by atoms with van der Waals surface area (Å²) >= 11 is 0. The smallest absolute Gasteiger partial charge is 0.184 e. The molecule has 0 aliphatic rings. The van der Waals surface area contributed by atoms with Crippen molar-refractivity contribution in [3.8, 4) is 0 Å². The Morgan fingerprint density at radius 2 is 1.89 bits per heavy atom. The molecule has 0 aliphatic heterocycles. The van der Waals surface area contributed by atoms with E-state index in [1.807, 2.05) is 6.92 Å². The minimum Gasteiger partial charge on any atom is -0.399 e. The van der Waals surface area contributed by atoms with Crippen molar-refractivity contribution in [2.24, 2.45) is 7.05 Å². The standard InChI is InChI=1S/C12H15N3O2S/c1-9-7-11(15(2)14-9)8-18(16,17)12-5-3-10(13)4-6-12/h3-7H,8,13H2,1-2H3. The Kier molecular flexibility index (Phi) is 3.13. The molecule has 18 heavy (non-hydrogen) atoms. The van der Waals surface area contributed by atoms with Crippen molar-refractivity contribution >= 4 is 15.5 Å². The molecule has 1 aromatic carbocycles. The van der Waals surface area contributed by atoms with E-state index in [2.05, 4.69) is 5.10 Å². The van der Waals surface area contributed by atoms with Crippen molar-refractivity contribution in [1.82, 2.24) is 9.78 Å². The first kappa shape index (κ1) is 12.6. The number of anilines is 1. The molecular formula is C12H15N3O2S. The maximum Gasteiger partial charge on any atom is 0.184 e. The van der Waals surface area contributed by atoms with Crippen LogP contribution in [0.15, 0.2) is 35.2 Å². The molecule has 0 aliphatic carbocycles. The molecule has 2 rings (SSSR count). The summed E-state index contributed by atoms with van der Waals surface area (Å²) in [7, 11) is -1.62. The first-order valence-electron chi connectivity index (χ1n) is 5.46. The normalized spacial score (nSPS) is 11.7. The molecule has 0 atom stereocenters. The molecule has 2 aromatic rings. The van der Waals surface area contributed by atoms with E-state index in [0.717, 1.165) is 5.69 Å². The van der Waals surface area contributed by atoms with Gasteiger partial charge in [0.1, 0.15) is 0 Å². The summed E-state index contributed by atoms with van der Waals surface area (Å²) in [5.74, 6) is -0.0613. The minimum atomic E-state index is -3.36. The van der Waals surface area contributed by atoms with Crippen LogP contribution in [0.1, 0.15) is 11.4 Å². The Bertz CT molecular complexity index is 657. The van der Waals surface area contributed by atoms with E-state index in [4.69, 9.17) is 5.73 Å². The van der Waals surface area contributed by atoms with Gasteiger partial charge < -0.3 is 5.73 Å². The Morgan fingerprint density at radius 3 is 2.39 bits per heavy atom. The monoisotopic (exact) mass is 265 g/mol. The van der Waals surface area contributed by atoms with Crippen molar-refractivity contribution in [2.75, 3.05) is 5.73 Å². The highest BCUT2D eigenvalue weighted by molar-refractivity contribution is 7.90. The van der Waals surface area contributed by atoms with Gasteiger partial charge in [0.05, 0.1) is 22.0 Å². The number of aryl methyl sites for hydroxylation is 2. The van der Waals surface area contributed by atoms with E-state index in [9.17, 15) is 8.42 Å². The maximum absolute atomic E-state index is 12.2. The van der Waals surface area contributed by atoms with E-state index >= 15 is 0 Å². The number of benzene rings is 1. The van der Waals surface area contributed by atoms with Gasteiger partial charge in [0.2, 0.25) is 0 Å². The van der Waals surface area contributed by atoms with Gasteiger partial charge in [-0.3, -0.25) is 4.68 Å². The quantitative estimate of drug-likeness (QED) is 0.848. The second kappa shape index (κ2) is 4.45. The van der Waals surface area contributed by atoms with E-state index in [1.165, 1.54) is 12.1 Å². The molecule has 2 N–H and O–H groups in total. The van der Waals surface area contributed by atoms with Gasteiger partial charge in [0.15, 0.2) is 9.84 Å². The topological polar surface area (TPSA) is 78.0 Å². The predicted octanol–water partition coefficient (Wildman–Crippen LogP) is 1.28. The summed E-state index contributed by atoms with van der Waals surface area (Å²) in [6, 6.07) is 7.99.